The van der Waals surface area contributed by atoms with Gasteiger partial charge in [-0.2, -0.15) is 13.2 Å². The van der Waals surface area contributed by atoms with Gasteiger partial charge in [-0.05, 0) is 53.9 Å². The number of benzene rings is 3. The number of carbonyl (C=O) groups is 3. The number of carbonyl (C=O) groups excluding carboxylic acids is 3. The third-order valence-electron chi connectivity index (χ3n) is 6.69. The summed E-state index contributed by atoms with van der Waals surface area (Å²) in [7, 11) is 1.34. The third-order valence-corrected chi connectivity index (χ3v) is 7.02. The van der Waals surface area contributed by atoms with Crippen molar-refractivity contribution in [1.82, 2.24) is 10.6 Å². The van der Waals surface area contributed by atoms with Crippen LogP contribution in [0.1, 0.15) is 64.6 Å². The number of ether oxygens (including phenoxy) is 1. The quantitative estimate of drug-likeness (QED) is 0.248. The molecule has 0 aliphatic carbocycles. The summed E-state index contributed by atoms with van der Waals surface area (Å²) in [5.41, 5.74) is -0.423. The molecule has 11 heteroatoms. The minimum Gasteiger partial charge on any atom is -0.496 e. The van der Waals surface area contributed by atoms with Crippen LogP contribution >= 0.6 is 11.6 Å². The van der Waals surface area contributed by atoms with Gasteiger partial charge in [-0.3, -0.25) is 14.4 Å². The van der Waals surface area contributed by atoms with Gasteiger partial charge in [0.15, 0.2) is 0 Å². The summed E-state index contributed by atoms with van der Waals surface area (Å²) in [6.07, 6.45) is -3.91. The first-order valence-corrected chi connectivity index (χ1v) is 13.1. The van der Waals surface area contributed by atoms with Gasteiger partial charge in [0, 0.05) is 24.2 Å². The number of methoxy groups -OCH3 is 1. The van der Waals surface area contributed by atoms with E-state index in [4.69, 9.17) is 16.3 Å². The summed E-state index contributed by atoms with van der Waals surface area (Å²) in [5, 5.41) is 8.20. The van der Waals surface area contributed by atoms with Crippen molar-refractivity contribution < 1.29 is 32.3 Å². The Labute approximate surface area is 241 Å². The smallest absolute Gasteiger partial charge is 0.416 e. The molecule has 0 aliphatic rings. The van der Waals surface area contributed by atoms with E-state index in [1.54, 1.807) is 18.2 Å². The van der Waals surface area contributed by atoms with Crippen molar-refractivity contribution in [2.75, 3.05) is 12.4 Å². The molecule has 3 aromatic rings. The van der Waals surface area contributed by atoms with Crippen molar-refractivity contribution in [2.24, 2.45) is 5.41 Å². The van der Waals surface area contributed by atoms with E-state index < -0.39 is 29.0 Å². The Morgan fingerprint density at radius 3 is 2.24 bits per heavy atom. The first-order chi connectivity index (χ1) is 19.3. The van der Waals surface area contributed by atoms with Crippen molar-refractivity contribution in [3.05, 3.63) is 93.5 Å². The first-order valence-electron chi connectivity index (χ1n) is 12.8. The maximum absolute atomic E-state index is 13.3. The SMILES string of the molecule is CCC(C)(C)C(=O)NCc1ccc(Cl)c(C(=O)Nc2ccc(OC)c(C(=O)NCc3ccccc3C(F)(F)F)c2)c1. The van der Waals surface area contributed by atoms with Gasteiger partial charge in [0.1, 0.15) is 5.75 Å². The number of amides is 3. The highest BCUT2D eigenvalue weighted by molar-refractivity contribution is 6.34. The lowest BCUT2D eigenvalue weighted by Crippen LogP contribution is -2.36. The van der Waals surface area contributed by atoms with Crippen molar-refractivity contribution >= 4 is 35.0 Å². The second kappa shape index (κ2) is 13.1. The zero-order valence-corrected chi connectivity index (χ0v) is 23.8. The van der Waals surface area contributed by atoms with E-state index in [9.17, 15) is 27.6 Å². The van der Waals surface area contributed by atoms with E-state index in [0.29, 0.717) is 12.0 Å². The fourth-order valence-corrected chi connectivity index (χ4v) is 4.03. The van der Waals surface area contributed by atoms with Gasteiger partial charge >= 0.3 is 6.18 Å². The summed E-state index contributed by atoms with van der Waals surface area (Å²) in [6, 6.07) is 14.1. The highest BCUT2D eigenvalue weighted by Gasteiger charge is 2.33. The van der Waals surface area contributed by atoms with Crippen LogP contribution < -0.4 is 20.7 Å². The largest absolute Gasteiger partial charge is 0.496 e. The molecule has 0 bridgehead atoms. The molecule has 41 heavy (non-hydrogen) atoms. The zero-order valence-electron chi connectivity index (χ0n) is 23.0. The maximum Gasteiger partial charge on any atom is 0.416 e. The summed E-state index contributed by atoms with van der Waals surface area (Å²) < 4.78 is 45.2. The Balaban J connectivity index is 1.76. The molecule has 3 rings (SSSR count). The molecule has 0 atom stereocenters. The van der Waals surface area contributed by atoms with Gasteiger partial charge in [-0.25, -0.2) is 0 Å². The number of hydrogen-bond acceptors (Lipinski definition) is 4. The van der Waals surface area contributed by atoms with Gasteiger partial charge in [-0.1, -0.05) is 56.6 Å². The molecule has 0 spiro atoms. The fourth-order valence-electron chi connectivity index (χ4n) is 3.82. The maximum atomic E-state index is 13.3. The van der Waals surface area contributed by atoms with Gasteiger partial charge < -0.3 is 20.7 Å². The fraction of sp³-hybridized carbons (Fsp3) is 0.300. The van der Waals surface area contributed by atoms with Crippen LogP contribution in [0.2, 0.25) is 5.02 Å². The van der Waals surface area contributed by atoms with E-state index in [1.165, 1.54) is 43.5 Å². The van der Waals surface area contributed by atoms with Crippen LogP contribution in [0, 0.1) is 5.41 Å². The number of alkyl halides is 3. The summed E-state index contributed by atoms with van der Waals surface area (Å²) >= 11 is 6.28. The minimum absolute atomic E-state index is 0.0101. The van der Waals surface area contributed by atoms with Crippen molar-refractivity contribution in [3.63, 3.8) is 0 Å². The first kappa shape index (κ1) is 31.5. The number of rotatable bonds is 10. The third kappa shape index (κ3) is 8.00. The van der Waals surface area contributed by atoms with Crippen molar-refractivity contribution in [3.8, 4) is 5.75 Å². The highest BCUT2D eigenvalue weighted by atomic mass is 35.5. The molecular weight excluding hydrogens is 559 g/mol. The molecule has 0 unspecified atom stereocenters. The average molecular weight is 590 g/mol. The second-order valence-corrected chi connectivity index (χ2v) is 10.3. The lowest BCUT2D eigenvalue weighted by atomic mass is 9.89. The van der Waals surface area contributed by atoms with E-state index >= 15 is 0 Å². The van der Waals surface area contributed by atoms with Crippen LogP contribution in [0.15, 0.2) is 60.7 Å². The average Bonchev–Trinajstić information content (AvgIpc) is 2.94. The molecule has 7 nitrogen and oxygen atoms in total. The number of halogens is 4. The molecule has 3 N–H and O–H groups in total. The van der Waals surface area contributed by atoms with Crippen molar-refractivity contribution in [1.29, 1.82) is 0 Å². The monoisotopic (exact) mass is 589 g/mol. The Kier molecular flexibility index (Phi) is 10.0. The summed E-state index contributed by atoms with van der Waals surface area (Å²) in [5.74, 6) is -1.21. The van der Waals surface area contributed by atoms with E-state index in [-0.39, 0.29) is 52.1 Å². The number of hydrogen-bond donors (Lipinski definition) is 3. The molecule has 218 valence electrons. The molecule has 0 fully saturated rings. The summed E-state index contributed by atoms with van der Waals surface area (Å²) in [6.45, 7) is 5.43. The number of anilines is 1. The Bertz CT molecular complexity index is 1440. The van der Waals surface area contributed by atoms with Crippen LogP contribution in [0.5, 0.6) is 5.75 Å². The Morgan fingerprint density at radius 2 is 1.59 bits per heavy atom. The Hall–Kier alpha value is -4.05. The van der Waals surface area contributed by atoms with Crippen LogP contribution in [-0.2, 0) is 24.1 Å². The van der Waals surface area contributed by atoms with Gasteiger partial charge in [0.2, 0.25) is 5.91 Å². The molecular formula is C30H31ClF3N3O4. The predicted octanol–water partition coefficient (Wildman–Crippen LogP) is 6.60. The molecule has 0 radical (unpaired) electrons. The number of nitrogens with one attached hydrogen (secondary N) is 3. The van der Waals surface area contributed by atoms with Crippen LogP contribution in [0.4, 0.5) is 18.9 Å². The van der Waals surface area contributed by atoms with E-state index in [2.05, 4.69) is 16.0 Å². The lowest BCUT2D eigenvalue weighted by Gasteiger charge is -2.21. The molecule has 0 heterocycles. The normalized spacial score (nSPS) is 11.5. The molecule has 3 amide bonds. The van der Waals surface area contributed by atoms with Gasteiger partial charge in [0.25, 0.3) is 11.8 Å². The van der Waals surface area contributed by atoms with E-state index in [1.807, 2.05) is 20.8 Å². The minimum atomic E-state index is -4.57. The van der Waals surface area contributed by atoms with E-state index in [0.717, 1.165) is 6.07 Å². The van der Waals surface area contributed by atoms with Crippen molar-refractivity contribution in [2.45, 2.75) is 46.5 Å². The highest BCUT2D eigenvalue weighted by Crippen LogP contribution is 2.32. The molecule has 0 aromatic heterocycles. The van der Waals surface area contributed by atoms with Crippen LogP contribution in [0.3, 0.4) is 0 Å². The Morgan fingerprint density at radius 1 is 0.878 bits per heavy atom. The zero-order chi connectivity index (χ0) is 30.4. The van der Waals surface area contributed by atoms with Crippen LogP contribution in [0.25, 0.3) is 0 Å². The lowest BCUT2D eigenvalue weighted by molar-refractivity contribution is -0.138. The standard InChI is InChI=1S/C30H31ClF3N3O4/c1-5-29(2,3)28(40)36-16-18-10-12-24(31)21(14-18)27(39)37-20-11-13-25(41-4)22(15-20)26(38)35-17-19-8-6-7-9-23(19)30(32,33)34/h6-15H,5,16-17H2,1-4H3,(H,35,38)(H,36,40)(H,37,39). The van der Waals surface area contributed by atoms with Gasteiger partial charge in [-0.15, -0.1) is 0 Å². The van der Waals surface area contributed by atoms with Gasteiger partial charge in [0.05, 0.1) is 28.8 Å². The molecule has 0 saturated heterocycles. The van der Waals surface area contributed by atoms with Crippen LogP contribution in [-0.4, -0.2) is 24.8 Å². The molecule has 0 aliphatic heterocycles. The summed E-state index contributed by atoms with van der Waals surface area (Å²) in [4.78, 5) is 38.4. The predicted molar refractivity (Wildman–Crippen MR) is 151 cm³/mol. The topological polar surface area (TPSA) is 96.5 Å². The second-order valence-electron chi connectivity index (χ2n) is 9.94. The molecule has 3 aromatic carbocycles. The molecule has 0 saturated carbocycles.